The SMILES string of the molecule is O=C1OC(CC(F)(F)F)(c2cccc3ccccc23)CN1Cc1ccccc1. The molecule has 1 aliphatic heterocycles. The molecule has 3 nitrogen and oxygen atoms in total. The van der Waals surface area contributed by atoms with E-state index in [0.29, 0.717) is 10.9 Å². The van der Waals surface area contributed by atoms with Gasteiger partial charge in [-0.15, -0.1) is 0 Å². The number of cyclic esters (lactones) is 1. The Morgan fingerprint density at radius 1 is 0.929 bits per heavy atom. The molecule has 3 aromatic rings. The number of hydrogen-bond acceptors (Lipinski definition) is 2. The van der Waals surface area contributed by atoms with Crippen LogP contribution in [0.25, 0.3) is 10.8 Å². The van der Waals surface area contributed by atoms with E-state index in [9.17, 15) is 18.0 Å². The van der Waals surface area contributed by atoms with Crippen LogP contribution < -0.4 is 0 Å². The minimum absolute atomic E-state index is 0.158. The van der Waals surface area contributed by atoms with E-state index in [1.54, 1.807) is 24.3 Å². The molecule has 0 N–H and O–H groups in total. The number of ether oxygens (including phenoxy) is 1. The van der Waals surface area contributed by atoms with E-state index in [-0.39, 0.29) is 13.1 Å². The van der Waals surface area contributed by atoms with Crippen LogP contribution in [0.5, 0.6) is 0 Å². The highest BCUT2D eigenvalue weighted by Crippen LogP contribution is 2.44. The Morgan fingerprint density at radius 2 is 1.61 bits per heavy atom. The number of halogens is 3. The first-order valence-electron chi connectivity index (χ1n) is 8.93. The van der Waals surface area contributed by atoms with Crippen molar-refractivity contribution in [3.8, 4) is 0 Å². The molecule has 1 saturated heterocycles. The average Bonchev–Trinajstić information content (AvgIpc) is 2.96. The molecule has 28 heavy (non-hydrogen) atoms. The van der Waals surface area contributed by atoms with E-state index in [4.69, 9.17) is 4.74 Å². The molecule has 1 amide bonds. The quantitative estimate of drug-likeness (QED) is 0.582. The van der Waals surface area contributed by atoms with Crippen molar-refractivity contribution in [1.82, 2.24) is 4.90 Å². The third-order valence-electron chi connectivity index (χ3n) is 4.97. The Kier molecular flexibility index (Phi) is 4.49. The summed E-state index contributed by atoms with van der Waals surface area (Å²) in [5.41, 5.74) is -0.558. The van der Waals surface area contributed by atoms with Crippen LogP contribution in [0, 0.1) is 0 Å². The van der Waals surface area contributed by atoms with Crippen molar-refractivity contribution in [3.63, 3.8) is 0 Å². The van der Waals surface area contributed by atoms with Crippen molar-refractivity contribution in [1.29, 1.82) is 0 Å². The maximum Gasteiger partial charge on any atom is 0.411 e. The number of nitrogens with zero attached hydrogens (tertiary/aromatic N) is 1. The van der Waals surface area contributed by atoms with Gasteiger partial charge in [-0.3, -0.25) is 4.90 Å². The molecule has 1 fully saturated rings. The predicted molar refractivity (Wildman–Crippen MR) is 99.6 cm³/mol. The summed E-state index contributed by atoms with van der Waals surface area (Å²) in [6.45, 7) is 0.0400. The van der Waals surface area contributed by atoms with Gasteiger partial charge in [0.15, 0.2) is 5.60 Å². The zero-order chi connectivity index (χ0) is 19.8. The number of carbonyl (C=O) groups is 1. The first-order valence-corrected chi connectivity index (χ1v) is 8.93. The molecule has 1 aliphatic rings. The van der Waals surface area contributed by atoms with Crippen molar-refractivity contribution in [3.05, 3.63) is 83.9 Å². The topological polar surface area (TPSA) is 29.5 Å². The van der Waals surface area contributed by atoms with Gasteiger partial charge in [-0.2, -0.15) is 13.2 Å². The third-order valence-corrected chi connectivity index (χ3v) is 4.97. The van der Waals surface area contributed by atoms with E-state index < -0.39 is 24.3 Å². The van der Waals surface area contributed by atoms with Gasteiger partial charge in [0.1, 0.15) is 0 Å². The van der Waals surface area contributed by atoms with Gasteiger partial charge < -0.3 is 4.74 Å². The summed E-state index contributed by atoms with van der Waals surface area (Å²) in [5.74, 6) is 0. The second kappa shape index (κ2) is 6.86. The zero-order valence-corrected chi connectivity index (χ0v) is 14.9. The molecule has 0 aromatic heterocycles. The smallest absolute Gasteiger partial charge is 0.411 e. The second-order valence-electron chi connectivity index (χ2n) is 7.02. The third kappa shape index (κ3) is 3.54. The summed E-state index contributed by atoms with van der Waals surface area (Å²) in [5, 5.41) is 1.46. The summed E-state index contributed by atoms with van der Waals surface area (Å²) in [7, 11) is 0. The molecular weight excluding hydrogens is 367 g/mol. The predicted octanol–water partition coefficient (Wildman–Crippen LogP) is 5.64. The number of hydrogen-bond donors (Lipinski definition) is 0. The Balaban J connectivity index is 1.77. The van der Waals surface area contributed by atoms with Gasteiger partial charge in [0, 0.05) is 12.1 Å². The molecule has 144 valence electrons. The number of benzene rings is 3. The fraction of sp³-hybridized carbons (Fsp3) is 0.227. The highest BCUT2D eigenvalue weighted by molar-refractivity contribution is 5.87. The molecule has 0 radical (unpaired) electrons. The molecule has 1 atom stereocenters. The molecule has 0 bridgehead atoms. The summed E-state index contributed by atoms with van der Waals surface area (Å²) in [4.78, 5) is 13.9. The van der Waals surface area contributed by atoms with Gasteiger partial charge in [-0.25, -0.2) is 4.79 Å². The molecule has 6 heteroatoms. The lowest BCUT2D eigenvalue weighted by atomic mass is 9.86. The zero-order valence-electron chi connectivity index (χ0n) is 14.9. The van der Waals surface area contributed by atoms with Crippen LogP contribution in [-0.4, -0.2) is 23.7 Å². The molecule has 0 spiro atoms. The largest absolute Gasteiger partial charge is 0.436 e. The standard InChI is InChI=1S/C22H18F3NO2/c23-22(24,25)14-21(19-12-6-10-17-9-4-5-11-18(17)19)15-26(20(27)28-21)13-16-7-2-1-3-8-16/h1-12H,13-15H2. The Morgan fingerprint density at radius 3 is 2.36 bits per heavy atom. The van der Waals surface area contributed by atoms with Crippen LogP contribution in [0.1, 0.15) is 17.5 Å². The minimum atomic E-state index is -4.49. The van der Waals surface area contributed by atoms with Gasteiger partial charge in [0.05, 0.1) is 13.0 Å². The molecular formula is C22H18F3NO2. The van der Waals surface area contributed by atoms with Crippen molar-refractivity contribution < 1.29 is 22.7 Å². The lowest BCUT2D eigenvalue weighted by Crippen LogP contribution is -2.37. The molecule has 1 heterocycles. The number of amides is 1. The summed E-state index contributed by atoms with van der Waals surface area (Å²) >= 11 is 0. The van der Waals surface area contributed by atoms with Crippen LogP contribution in [0.2, 0.25) is 0 Å². The van der Waals surface area contributed by atoms with Gasteiger partial charge in [0.2, 0.25) is 0 Å². The van der Waals surface area contributed by atoms with E-state index in [2.05, 4.69) is 0 Å². The van der Waals surface area contributed by atoms with Crippen LogP contribution in [0.3, 0.4) is 0 Å². The van der Waals surface area contributed by atoms with Gasteiger partial charge in [-0.05, 0) is 16.3 Å². The molecule has 0 saturated carbocycles. The van der Waals surface area contributed by atoms with Gasteiger partial charge in [-0.1, -0.05) is 72.8 Å². The van der Waals surface area contributed by atoms with E-state index in [0.717, 1.165) is 10.9 Å². The molecule has 3 aromatic carbocycles. The summed E-state index contributed by atoms with van der Waals surface area (Å²) in [6.07, 6.45) is -6.45. The van der Waals surface area contributed by atoms with E-state index in [1.807, 2.05) is 48.5 Å². The second-order valence-corrected chi connectivity index (χ2v) is 7.02. The van der Waals surface area contributed by atoms with Crippen LogP contribution >= 0.6 is 0 Å². The summed E-state index contributed by atoms with van der Waals surface area (Å²) in [6, 6.07) is 21.5. The maximum absolute atomic E-state index is 13.5. The first kappa shape index (κ1) is 18.3. The lowest BCUT2D eigenvalue weighted by Gasteiger charge is -2.29. The normalized spacial score (nSPS) is 19.8. The minimum Gasteiger partial charge on any atom is -0.436 e. The fourth-order valence-corrected chi connectivity index (χ4v) is 3.83. The van der Waals surface area contributed by atoms with Crippen LogP contribution in [0.15, 0.2) is 72.8 Å². The van der Waals surface area contributed by atoms with E-state index >= 15 is 0 Å². The fourth-order valence-electron chi connectivity index (χ4n) is 3.83. The first-order chi connectivity index (χ1) is 13.4. The van der Waals surface area contributed by atoms with Crippen molar-refractivity contribution in [2.24, 2.45) is 0 Å². The van der Waals surface area contributed by atoms with Gasteiger partial charge >= 0.3 is 12.3 Å². The molecule has 0 aliphatic carbocycles. The number of carbonyl (C=O) groups excluding carboxylic acids is 1. The number of rotatable bonds is 4. The van der Waals surface area contributed by atoms with Crippen molar-refractivity contribution in [2.75, 3.05) is 6.54 Å². The Bertz CT molecular complexity index is 998. The van der Waals surface area contributed by atoms with E-state index in [1.165, 1.54) is 4.90 Å². The van der Waals surface area contributed by atoms with Crippen LogP contribution in [0.4, 0.5) is 18.0 Å². The maximum atomic E-state index is 13.5. The average molecular weight is 385 g/mol. The summed E-state index contributed by atoms with van der Waals surface area (Å²) < 4.78 is 46.0. The highest BCUT2D eigenvalue weighted by Gasteiger charge is 2.53. The molecule has 4 rings (SSSR count). The number of alkyl halides is 3. The van der Waals surface area contributed by atoms with Crippen molar-refractivity contribution >= 4 is 16.9 Å². The van der Waals surface area contributed by atoms with Crippen molar-refractivity contribution in [2.45, 2.75) is 24.7 Å². The van der Waals surface area contributed by atoms with Gasteiger partial charge in [0.25, 0.3) is 0 Å². The Hall–Kier alpha value is -3.02. The Labute approximate surface area is 160 Å². The highest BCUT2D eigenvalue weighted by atomic mass is 19.4. The monoisotopic (exact) mass is 385 g/mol. The van der Waals surface area contributed by atoms with Crippen LogP contribution in [-0.2, 0) is 16.9 Å². The lowest BCUT2D eigenvalue weighted by molar-refractivity contribution is -0.171. The number of fused-ring (bicyclic) bond motifs is 1. The molecule has 1 unspecified atom stereocenters.